The molecule has 74 valence electrons. The topological polar surface area (TPSA) is 80.4 Å². The van der Waals surface area contributed by atoms with Crippen LogP contribution in [0.3, 0.4) is 0 Å². The number of hydrogen-bond donors (Lipinski definition) is 2. The number of rotatable bonds is 3. The van der Waals surface area contributed by atoms with Crippen LogP contribution < -0.4 is 5.73 Å². The van der Waals surface area contributed by atoms with Crippen LogP contribution in [-0.2, 0) is 11.2 Å². The summed E-state index contributed by atoms with van der Waals surface area (Å²) in [6, 6.07) is 4.82. The van der Waals surface area contributed by atoms with Crippen molar-refractivity contribution in [1.82, 2.24) is 0 Å². The number of nitrogen functional groups attached to an aromatic ring is 1. The maximum Gasteiger partial charge on any atom is 0.307 e. The minimum Gasteiger partial charge on any atom is -0.481 e. The Morgan fingerprint density at radius 2 is 2.07 bits per heavy atom. The zero-order valence-electron chi connectivity index (χ0n) is 7.78. The van der Waals surface area contributed by atoms with E-state index >= 15 is 0 Å². The number of Topliss-reactive ketones (excluding diaryl/α,β-unsaturated/α-hetero) is 1. The molecule has 14 heavy (non-hydrogen) atoms. The molecule has 1 aromatic carbocycles. The Kier molecular flexibility index (Phi) is 2.86. The standard InChI is InChI=1S/C10H11NO3/c1-6(12)8-4-2-3-7(10(8)11)5-9(13)14/h2-4H,5,11H2,1H3,(H,13,14). The smallest absolute Gasteiger partial charge is 0.307 e. The van der Waals surface area contributed by atoms with Gasteiger partial charge in [0.1, 0.15) is 0 Å². The van der Waals surface area contributed by atoms with E-state index in [0.29, 0.717) is 11.1 Å². The maximum atomic E-state index is 11.1. The molecule has 0 aliphatic heterocycles. The number of carbonyl (C=O) groups is 2. The SMILES string of the molecule is CC(=O)c1cccc(CC(=O)O)c1N. The molecule has 0 fully saturated rings. The van der Waals surface area contributed by atoms with Crippen LogP contribution in [0.5, 0.6) is 0 Å². The highest BCUT2D eigenvalue weighted by molar-refractivity contribution is 6.00. The summed E-state index contributed by atoms with van der Waals surface area (Å²) in [7, 11) is 0. The highest BCUT2D eigenvalue weighted by Crippen LogP contribution is 2.18. The van der Waals surface area contributed by atoms with E-state index in [4.69, 9.17) is 10.8 Å². The molecule has 0 amide bonds. The number of benzene rings is 1. The lowest BCUT2D eigenvalue weighted by Crippen LogP contribution is -2.07. The molecule has 1 rings (SSSR count). The van der Waals surface area contributed by atoms with Crippen molar-refractivity contribution in [3.05, 3.63) is 29.3 Å². The van der Waals surface area contributed by atoms with Gasteiger partial charge in [0.15, 0.2) is 5.78 Å². The number of ketones is 1. The zero-order chi connectivity index (χ0) is 10.7. The first kappa shape index (κ1) is 10.2. The molecule has 0 unspecified atom stereocenters. The van der Waals surface area contributed by atoms with Crippen LogP contribution in [0.4, 0.5) is 5.69 Å². The molecule has 4 heteroatoms. The monoisotopic (exact) mass is 193 g/mol. The lowest BCUT2D eigenvalue weighted by atomic mass is 10.0. The Labute approximate surface area is 81.3 Å². The molecule has 0 aliphatic rings. The summed E-state index contributed by atoms with van der Waals surface area (Å²) in [5.41, 5.74) is 6.77. The normalized spacial score (nSPS) is 9.79. The number of anilines is 1. The van der Waals surface area contributed by atoms with Crippen molar-refractivity contribution in [2.24, 2.45) is 0 Å². The highest BCUT2D eigenvalue weighted by atomic mass is 16.4. The minimum atomic E-state index is -0.961. The van der Waals surface area contributed by atoms with Gasteiger partial charge in [-0.25, -0.2) is 0 Å². The Morgan fingerprint density at radius 3 is 2.57 bits per heavy atom. The van der Waals surface area contributed by atoms with E-state index in [-0.39, 0.29) is 17.9 Å². The van der Waals surface area contributed by atoms with Crippen LogP contribution in [0.1, 0.15) is 22.8 Å². The number of carboxylic acid groups (broad SMARTS) is 1. The van der Waals surface area contributed by atoms with Gasteiger partial charge in [-0.1, -0.05) is 12.1 Å². The second-order valence-corrected chi connectivity index (χ2v) is 3.01. The number of hydrogen-bond acceptors (Lipinski definition) is 3. The maximum absolute atomic E-state index is 11.1. The van der Waals surface area contributed by atoms with Gasteiger partial charge < -0.3 is 10.8 Å². The van der Waals surface area contributed by atoms with Crippen LogP contribution in [-0.4, -0.2) is 16.9 Å². The van der Waals surface area contributed by atoms with Crippen molar-refractivity contribution in [1.29, 1.82) is 0 Å². The average molecular weight is 193 g/mol. The number of para-hydroxylation sites is 1. The molecule has 0 aliphatic carbocycles. The van der Waals surface area contributed by atoms with Crippen LogP contribution in [0.2, 0.25) is 0 Å². The predicted molar refractivity (Wildman–Crippen MR) is 52.2 cm³/mol. The van der Waals surface area contributed by atoms with Crippen LogP contribution in [0, 0.1) is 0 Å². The first-order chi connectivity index (χ1) is 6.52. The Bertz CT molecular complexity index is 385. The summed E-state index contributed by atoms with van der Waals surface area (Å²) < 4.78 is 0. The van der Waals surface area contributed by atoms with Gasteiger partial charge in [-0.15, -0.1) is 0 Å². The quantitative estimate of drug-likeness (QED) is 0.556. The average Bonchev–Trinajstić information content (AvgIpc) is 2.07. The lowest BCUT2D eigenvalue weighted by Gasteiger charge is -2.06. The van der Waals surface area contributed by atoms with Crippen molar-refractivity contribution in [2.45, 2.75) is 13.3 Å². The Balaban J connectivity index is 3.13. The largest absolute Gasteiger partial charge is 0.481 e. The summed E-state index contributed by atoms with van der Waals surface area (Å²) in [5.74, 6) is -1.12. The van der Waals surface area contributed by atoms with E-state index in [1.54, 1.807) is 18.2 Å². The van der Waals surface area contributed by atoms with E-state index in [2.05, 4.69) is 0 Å². The lowest BCUT2D eigenvalue weighted by molar-refractivity contribution is -0.136. The van der Waals surface area contributed by atoms with Gasteiger partial charge in [0, 0.05) is 11.3 Å². The highest BCUT2D eigenvalue weighted by Gasteiger charge is 2.10. The first-order valence-electron chi connectivity index (χ1n) is 4.12. The zero-order valence-corrected chi connectivity index (χ0v) is 7.78. The fourth-order valence-electron chi connectivity index (χ4n) is 1.24. The molecule has 1 aromatic rings. The van der Waals surface area contributed by atoms with Crippen LogP contribution in [0.25, 0.3) is 0 Å². The molecule has 0 saturated carbocycles. The summed E-state index contributed by atoms with van der Waals surface area (Å²) in [6.45, 7) is 1.40. The van der Waals surface area contributed by atoms with Gasteiger partial charge >= 0.3 is 5.97 Å². The number of nitrogens with two attached hydrogens (primary N) is 1. The molecule has 0 spiro atoms. The van der Waals surface area contributed by atoms with Gasteiger partial charge in [0.2, 0.25) is 0 Å². The first-order valence-corrected chi connectivity index (χ1v) is 4.12. The van der Waals surface area contributed by atoms with Gasteiger partial charge in [0.05, 0.1) is 6.42 Å². The minimum absolute atomic E-state index is 0.158. The molecule has 0 saturated heterocycles. The molecule has 3 N–H and O–H groups in total. The van der Waals surface area contributed by atoms with E-state index in [9.17, 15) is 9.59 Å². The van der Waals surface area contributed by atoms with Crippen molar-refractivity contribution in [2.75, 3.05) is 5.73 Å². The third-order valence-electron chi connectivity index (χ3n) is 1.92. The summed E-state index contributed by atoms with van der Waals surface area (Å²) >= 11 is 0. The van der Waals surface area contributed by atoms with E-state index in [0.717, 1.165) is 0 Å². The van der Waals surface area contributed by atoms with Crippen LogP contribution >= 0.6 is 0 Å². The summed E-state index contributed by atoms with van der Waals surface area (Å²) in [5, 5.41) is 8.58. The molecular formula is C10H11NO3. The Morgan fingerprint density at radius 1 is 1.43 bits per heavy atom. The van der Waals surface area contributed by atoms with E-state index in [1.165, 1.54) is 6.92 Å². The van der Waals surface area contributed by atoms with E-state index < -0.39 is 5.97 Å². The van der Waals surface area contributed by atoms with Crippen molar-refractivity contribution >= 4 is 17.4 Å². The van der Waals surface area contributed by atoms with Crippen LogP contribution in [0.15, 0.2) is 18.2 Å². The number of aliphatic carboxylic acids is 1. The van der Waals surface area contributed by atoms with E-state index in [1.807, 2.05) is 0 Å². The van der Waals surface area contributed by atoms with Gasteiger partial charge in [-0.2, -0.15) is 0 Å². The summed E-state index contributed by atoms with van der Waals surface area (Å²) in [6.07, 6.45) is -0.160. The van der Waals surface area contributed by atoms with Gasteiger partial charge in [0.25, 0.3) is 0 Å². The number of carboxylic acids is 1. The van der Waals surface area contributed by atoms with Crippen molar-refractivity contribution in [3.63, 3.8) is 0 Å². The second-order valence-electron chi connectivity index (χ2n) is 3.01. The van der Waals surface area contributed by atoms with Crippen molar-refractivity contribution < 1.29 is 14.7 Å². The van der Waals surface area contributed by atoms with Gasteiger partial charge in [-0.05, 0) is 18.6 Å². The molecule has 4 nitrogen and oxygen atoms in total. The Hall–Kier alpha value is -1.84. The van der Waals surface area contributed by atoms with Crippen molar-refractivity contribution in [3.8, 4) is 0 Å². The molecule has 0 heterocycles. The molecule has 0 atom stereocenters. The molecule has 0 aromatic heterocycles. The predicted octanol–water partition coefficient (Wildman–Crippen LogP) is 1.10. The second kappa shape index (κ2) is 3.91. The third kappa shape index (κ3) is 2.10. The third-order valence-corrected chi connectivity index (χ3v) is 1.92. The number of carbonyl (C=O) groups excluding carboxylic acids is 1. The fraction of sp³-hybridized carbons (Fsp3) is 0.200. The summed E-state index contributed by atoms with van der Waals surface area (Å²) in [4.78, 5) is 21.5. The van der Waals surface area contributed by atoms with Gasteiger partial charge in [-0.3, -0.25) is 9.59 Å². The fourth-order valence-corrected chi connectivity index (χ4v) is 1.24. The molecule has 0 bridgehead atoms. The molecular weight excluding hydrogens is 182 g/mol. The molecule has 0 radical (unpaired) electrons.